The molecule has 0 saturated heterocycles. The molecule has 0 fully saturated rings. The van der Waals surface area contributed by atoms with Crippen LogP contribution in [0.2, 0.25) is 0 Å². The first-order valence-electron chi connectivity index (χ1n) is 15.1. The van der Waals surface area contributed by atoms with Crippen molar-refractivity contribution in [1.29, 1.82) is 0 Å². The molecular weight excluding hydrogens is 666 g/mol. The van der Waals surface area contributed by atoms with Crippen LogP contribution in [0.5, 0.6) is 5.75 Å². The van der Waals surface area contributed by atoms with Gasteiger partial charge in [-0.15, -0.1) is 0 Å². The van der Waals surface area contributed by atoms with Crippen LogP contribution in [0.4, 0.5) is 5.69 Å². The number of benzene rings is 4. The monoisotopic (exact) mass is 705 g/mol. The number of para-hydroxylation sites is 2. The Labute approximate surface area is 280 Å². The largest absolute Gasteiger partial charge is 0.492 e. The molecule has 4 rings (SSSR count). The van der Waals surface area contributed by atoms with Crippen LogP contribution in [0.25, 0.3) is 0 Å². The summed E-state index contributed by atoms with van der Waals surface area (Å²) < 4.78 is 36.2. The number of ether oxygens (including phenoxy) is 1. The number of nitrogens with one attached hydrogen (secondary N) is 1. The van der Waals surface area contributed by atoms with Crippen LogP contribution >= 0.6 is 15.9 Å². The van der Waals surface area contributed by atoms with Crippen molar-refractivity contribution < 1.29 is 22.7 Å². The molecule has 2 amide bonds. The highest BCUT2D eigenvalue weighted by Gasteiger charge is 2.36. The van der Waals surface area contributed by atoms with Gasteiger partial charge in [-0.2, -0.15) is 0 Å². The van der Waals surface area contributed by atoms with Crippen LogP contribution in [0.1, 0.15) is 38.8 Å². The Morgan fingerprint density at radius 1 is 0.826 bits per heavy atom. The zero-order valence-corrected chi connectivity index (χ0v) is 28.9. The van der Waals surface area contributed by atoms with Gasteiger partial charge in [0.25, 0.3) is 10.0 Å². The van der Waals surface area contributed by atoms with Gasteiger partial charge in [-0.25, -0.2) is 8.42 Å². The number of carbonyl (C=O) groups excluding carboxylic acids is 2. The maximum atomic E-state index is 14.6. The lowest BCUT2D eigenvalue weighted by Gasteiger charge is -2.35. The smallest absolute Gasteiger partial charge is 0.264 e. The Balaban J connectivity index is 1.84. The van der Waals surface area contributed by atoms with Crippen LogP contribution < -0.4 is 14.4 Å². The van der Waals surface area contributed by atoms with Gasteiger partial charge in [0, 0.05) is 23.0 Å². The minimum atomic E-state index is -4.24. The van der Waals surface area contributed by atoms with Crippen molar-refractivity contribution >= 4 is 43.5 Å². The number of amides is 2. The average molecular weight is 707 g/mol. The maximum absolute atomic E-state index is 14.6. The van der Waals surface area contributed by atoms with E-state index < -0.39 is 34.1 Å². The SMILES string of the molecule is CCOc1ccccc1N(CC(=O)N(Cc1ccc(Br)cc1)[C@H](Cc1ccccc1)C(=O)NC(C)(C)C)S(=O)(=O)c1ccccc1. The number of hydrogen-bond donors (Lipinski definition) is 1. The molecule has 1 atom stereocenters. The van der Waals surface area contributed by atoms with E-state index in [-0.39, 0.29) is 29.5 Å². The summed E-state index contributed by atoms with van der Waals surface area (Å²) in [5.74, 6) is -0.559. The van der Waals surface area contributed by atoms with Crippen LogP contribution in [-0.2, 0) is 32.6 Å². The standard InChI is InChI=1S/C36H40BrN3O5S/c1-5-45-33-19-13-12-18-31(33)40(46(43,44)30-16-10-7-11-17-30)26-34(41)39(25-28-20-22-29(37)23-21-28)32(35(42)38-36(2,3)4)24-27-14-8-6-9-15-27/h6-23,32H,5,24-26H2,1-4H3,(H,38,42)/t32-/m1/s1. The Morgan fingerprint density at radius 3 is 2.02 bits per heavy atom. The summed E-state index contributed by atoms with van der Waals surface area (Å²) in [5, 5.41) is 3.04. The van der Waals surface area contributed by atoms with E-state index in [0.29, 0.717) is 12.4 Å². The van der Waals surface area contributed by atoms with Crippen molar-refractivity contribution in [3.05, 3.63) is 125 Å². The van der Waals surface area contributed by atoms with Crippen LogP contribution in [0.3, 0.4) is 0 Å². The van der Waals surface area contributed by atoms with E-state index in [4.69, 9.17) is 4.74 Å². The maximum Gasteiger partial charge on any atom is 0.264 e. The number of anilines is 1. The average Bonchev–Trinajstić information content (AvgIpc) is 3.03. The van der Waals surface area contributed by atoms with Crippen molar-refractivity contribution in [2.45, 2.75) is 57.1 Å². The first-order valence-corrected chi connectivity index (χ1v) is 17.3. The topological polar surface area (TPSA) is 96.0 Å². The number of nitrogens with zero attached hydrogens (tertiary/aromatic N) is 2. The van der Waals surface area contributed by atoms with E-state index in [0.717, 1.165) is 19.9 Å². The summed E-state index contributed by atoms with van der Waals surface area (Å²) in [5.41, 5.74) is 1.30. The molecule has 0 spiro atoms. The van der Waals surface area contributed by atoms with Crippen molar-refractivity contribution in [2.24, 2.45) is 0 Å². The van der Waals surface area contributed by atoms with E-state index >= 15 is 0 Å². The zero-order valence-electron chi connectivity index (χ0n) is 26.5. The highest BCUT2D eigenvalue weighted by molar-refractivity contribution is 9.10. The first kappa shape index (κ1) is 34.7. The summed E-state index contributed by atoms with van der Waals surface area (Å²) in [6, 6.07) is 30.7. The van der Waals surface area contributed by atoms with Gasteiger partial charge in [-0.05, 0) is 75.2 Å². The highest BCUT2D eigenvalue weighted by Crippen LogP contribution is 2.33. The number of sulfonamides is 1. The normalized spacial score (nSPS) is 12.2. The van der Waals surface area contributed by atoms with Crippen LogP contribution in [0.15, 0.2) is 119 Å². The third kappa shape index (κ3) is 9.20. The minimum absolute atomic E-state index is 0.0277. The van der Waals surface area contributed by atoms with E-state index in [1.54, 1.807) is 49.4 Å². The molecule has 0 unspecified atom stereocenters. The van der Waals surface area contributed by atoms with Crippen molar-refractivity contribution in [3.8, 4) is 5.75 Å². The highest BCUT2D eigenvalue weighted by atomic mass is 79.9. The summed E-state index contributed by atoms with van der Waals surface area (Å²) in [6.45, 7) is 7.25. The molecule has 4 aromatic carbocycles. The third-order valence-corrected chi connectivity index (χ3v) is 9.38. The molecule has 0 saturated carbocycles. The number of halogens is 1. The summed E-state index contributed by atoms with van der Waals surface area (Å²) in [6.07, 6.45) is 0.228. The minimum Gasteiger partial charge on any atom is -0.492 e. The molecule has 0 bridgehead atoms. The lowest BCUT2D eigenvalue weighted by Crippen LogP contribution is -2.56. The molecule has 46 heavy (non-hydrogen) atoms. The van der Waals surface area contributed by atoms with Gasteiger partial charge in [0.15, 0.2) is 0 Å². The first-order chi connectivity index (χ1) is 21.9. The second kappa shape index (κ2) is 15.4. The third-order valence-electron chi connectivity index (χ3n) is 7.08. The van der Waals surface area contributed by atoms with E-state index in [1.165, 1.54) is 17.0 Å². The summed E-state index contributed by atoms with van der Waals surface area (Å²) >= 11 is 3.46. The molecule has 0 aliphatic carbocycles. The molecular formula is C36H40BrN3O5S. The predicted octanol–water partition coefficient (Wildman–Crippen LogP) is 6.60. The van der Waals surface area contributed by atoms with Gasteiger partial charge in [-0.3, -0.25) is 13.9 Å². The van der Waals surface area contributed by atoms with Gasteiger partial charge >= 0.3 is 0 Å². The number of carbonyl (C=O) groups is 2. The fourth-order valence-corrected chi connectivity index (χ4v) is 6.68. The quantitative estimate of drug-likeness (QED) is 0.169. The van der Waals surface area contributed by atoms with Gasteiger partial charge in [0.2, 0.25) is 11.8 Å². The second-order valence-corrected chi connectivity index (χ2v) is 14.6. The van der Waals surface area contributed by atoms with Crippen molar-refractivity contribution in [2.75, 3.05) is 17.5 Å². The van der Waals surface area contributed by atoms with Gasteiger partial charge < -0.3 is 15.0 Å². The number of hydrogen-bond acceptors (Lipinski definition) is 5. The van der Waals surface area contributed by atoms with Gasteiger partial charge in [0.05, 0.1) is 17.2 Å². The molecule has 0 aliphatic rings. The Kier molecular flexibility index (Phi) is 11.6. The van der Waals surface area contributed by atoms with E-state index in [9.17, 15) is 18.0 Å². The molecule has 0 radical (unpaired) electrons. The molecule has 1 N–H and O–H groups in total. The second-order valence-electron chi connectivity index (χ2n) is 11.8. The molecule has 0 aromatic heterocycles. The van der Waals surface area contributed by atoms with E-state index in [1.807, 2.05) is 75.4 Å². The zero-order chi connectivity index (χ0) is 33.3. The van der Waals surface area contributed by atoms with Crippen molar-refractivity contribution in [3.63, 3.8) is 0 Å². The van der Waals surface area contributed by atoms with Gasteiger partial charge in [-0.1, -0.05) is 88.7 Å². The Hall–Kier alpha value is -4.15. The molecule has 10 heteroatoms. The van der Waals surface area contributed by atoms with Crippen molar-refractivity contribution in [1.82, 2.24) is 10.2 Å². The van der Waals surface area contributed by atoms with E-state index in [2.05, 4.69) is 21.2 Å². The fourth-order valence-electron chi connectivity index (χ4n) is 4.97. The molecule has 4 aromatic rings. The molecule has 8 nitrogen and oxygen atoms in total. The van der Waals surface area contributed by atoms with Gasteiger partial charge in [0.1, 0.15) is 18.3 Å². The summed E-state index contributed by atoms with van der Waals surface area (Å²) in [4.78, 5) is 30.1. The molecule has 0 heterocycles. The lowest BCUT2D eigenvalue weighted by molar-refractivity contribution is -0.140. The fraction of sp³-hybridized carbons (Fsp3) is 0.278. The molecule has 0 aliphatic heterocycles. The lowest BCUT2D eigenvalue weighted by atomic mass is 10.0. The van der Waals surface area contributed by atoms with Crippen LogP contribution in [-0.4, -0.2) is 49.9 Å². The predicted molar refractivity (Wildman–Crippen MR) is 185 cm³/mol. The Bertz CT molecular complexity index is 1710. The van der Waals surface area contributed by atoms with Crippen LogP contribution in [0, 0.1) is 0 Å². The summed E-state index contributed by atoms with van der Waals surface area (Å²) in [7, 11) is -4.24. The number of rotatable bonds is 13. The molecule has 242 valence electrons. The Morgan fingerprint density at radius 2 is 1.41 bits per heavy atom.